The van der Waals surface area contributed by atoms with Gasteiger partial charge in [-0.15, -0.1) is 0 Å². The van der Waals surface area contributed by atoms with Gasteiger partial charge in [0.05, 0.1) is 28.8 Å². The molecule has 1 fully saturated rings. The minimum Gasteiger partial charge on any atom is -0.341 e. The summed E-state index contributed by atoms with van der Waals surface area (Å²) in [6.45, 7) is 6.24. The van der Waals surface area contributed by atoms with E-state index in [1.165, 1.54) is 17.7 Å². The molecule has 0 unspecified atom stereocenters. The molecule has 25 heavy (non-hydrogen) atoms. The molecule has 0 saturated carbocycles. The summed E-state index contributed by atoms with van der Waals surface area (Å²) >= 11 is 0. The first-order chi connectivity index (χ1) is 12.2. The molecule has 1 aliphatic heterocycles. The molecular weight excluding hydrogens is 308 g/mol. The molecule has 1 N–H and O–H groups in total. The van der Waals surface area contributed by atoms with Crippen molar-refractivity contribution < 1.29 is 0 Å². The van der Waals surface area contributed by atoms with E-state index in [-0.39, 0.29) is 0 Å². The summed E-state index contributed by atoms with van der Waals surface area (Å²) < 4.78 is 0. The van der Waals surface area contributed by atoms with E-state index in [2.05, 4.69) is 55.1 Å². The Morgan fingerprint density at radius 1 is 1.28 bits per heavy atom. The number of hydrogen-bond acceptors (Lipinski definition) is 3. The highest BCUT2D eigenvalue weighted by Crippen LogP contribution is 2.34. The molecule has 4 nitrogen and oxygen atoms in total. The van der Waals surface area contributed by atoms with Gasteiger partial charge in [-0.05, 0) is 64.8 Å². The van der Waals surface area contributed by atoms with Crippen molar-refractivity contribution in [3.05, 3.63) is 54.0 Å². The molecule has 2 aromatic rings. The fraction of sp³-hybridized carbons (Fsp3) is 0.429. The lowest BCUT2D eigenvalue weighted by molar-refractivity contribution is 0.148. The number of allylic oxidation sites excluding steroid dienone is 2. The number of fused-ring (bicyclic) bond motifs is 1. The minimum absolute atomic E-state index is 0.298. The Morgan fingerprint density at radius 2 is 2.08 bits per heavy atom. The Balaban J connectivity index is 1.93. The van der Waals surface area contributed by atoms with Crippen LogP contribution in [0.3, 0.4) is 0 Å². The average molecular weight is 336 g/mol. The molecule has 1 saturated heterocycles. The van der Waals surface area contributed by atoms with Gasteiger partial charge in [0.15, 0.2) is 0 Å². The smallest absolute Gasteiger partial charge is 0.124 e. The van der Waals surface area contributed by atoms with Crippen LogP contribution < -0.4 is 0 Å². The van der Waals surface area contributed by atoms with Crippen LogP contribution in [-0.2, 0) is 0 Å². The highest BCUT2D eigenvalue weighted by molar-refractivity contribution is 6.04. The predicted molar refractivity (Wildman–Crippen MR) is 106 cm³/mol. The van der Waals surface area contributed by atoms with Gasteiger partial charge in [0, 0.05) is 6.20 Å². The summed E-state index contributed by atoms with van der Waals surface area (Å²) in [6, 6.07) is 8.87. The highest BCUT2D eigenvalue weighted by Gasteiger charge is 2.33. The number of hydrogen-bond donors (Lipinski definition) is 1. The molecule has 2 heterocycles. The third-order valence-corrected chi connectivity index (χ3v) is 5.18. The Morgan fingerprint density at radius 3 is 2.80 bits per heavy atom. The topological polar surface area (TPSA) is 44.3 Å². The monoisotopic (exact) mass is 336 g/mol. The zero-order valence-electron chi connectivity index (χ0n) is 15.7. The van der Waals surface area contributed by atoms with Gasteiger partial charge in [-0.3, -0.25) is 9.89 Å². The van der Waals surface area contributed by atoms with Crippen LogP contribution in [0.25, 0.3) is 11.0 Å². The van der Waals surface area contributed by atoms with E-state index in [4.69, 9.17) is 9.98 Å². The van der Waals surface area contributed by atoms with Gasteiger partial charge in [0.2, 0.25) is 0 Å². The van der Waals surface area contributed by atoms with E-state index < -0.39 is 0 Å². The number of rotatable bonds is 4. The normalized spacial score (nSPS) is 23.7. The number of imidazole rings is 1. The second kappa shape index (κ2) is 7.79. The van der Waals surface area contributed by atoms with Crippen molar-refractivity contribution in [3.8, 4) is 0 Å². The molecule has 1 aromatic carbocycles. The predicted octanol–water partition coefficient (Wildman–Crippen LogP) is 5.03. The molecule has 132 valence electrons. The van der Waals surface area contributed by atoms with Gasteiger partial charge in [-0.2, -0.15) is 0 Å². The Hall–Kier alpha value is -2.20. The number of para-hydroxylation sites is 2. The second-order valence-electron chi connectivity index (χ2n) is 6.74. The van der Waals surface area contributed by atoms with Crippen molar-refractivity contribution in [2.75, 3.05) is 7.05 Å². The summed E-state index contributed by atoms with van der Waals surface area (Å²) in [5.41, 5.74) is 4.57. The van der Waals surface area contributed by atoms with Crippen LogP contribution in [0.2, 0.25) is 0 Å². The van der Waals surface area contributed by atoms with Crippen molar-refractivity contribution in [1.82, 2.24) is 14.9 Å². The molecule has 0 aliphatic carbocycles. The van der Waals surface area contributed by atoms with E-state index in [9.17, 15) is 0 Å². The molecule has 2 atom stereocenters. The number of nitrogens with zero attached hydrogens (tertiary/aromatic N) is 3. The van der Waals surface area contributed by atoms with Crippen molar-refractivity contribution in [2.45, 2.75) is 52.1 Å². The molecule has 3 rings (SSSR count). The second-order valence-corrected chi connectivity index (χ2v) is 6.74. The maximum absolute atomic E-state index is 4.84. The Bertz CT molecular complexity index is 779. The van der Waals surface area contributed by atoms with Crippen LogP contribution >= 0.6 is 0 Å². The van der Waals surface area contributed by atoms with Crippen molar-refractivity contribution in [3.63, 3.8) is 0 Å². The molecule has 1 aliphatic rings. The molecule has 4 heteroatoms. The Kier molecular flexibility index (Phi) is 5.49. The minimum atomic E-state index is 0.298. The maximum Gasteiger partial charge on any atom is 0.124 e. The number of likely N-dealkylation sites (tertiary alicyclic amines) is 1. The van der Waals surface area contributed by atoms with Crippen LogP contribution in [-0.4, -0.2) is 33.7 Å². The number of nitrogens with one attached hydrogen (secondary N) is 1. The van der Waals surface area contributed by atoms with E-state index in [1.807, 2.05) is 25.3 Å². The number of piperidine rings is 1. The maximum atomic E-state index is 4.84. The lowest BCUT2D eigenvalue weighted by Gasteiger charge is -2.39. The van der Waals surface area contributed by atoms with Crippen LogP contribution in [0, 0.1) is 0 Å². The zero-order valence-corrected chi connectivity index (χ0v) is 15.7. The molecule has 0 amide bonds. The molecule has 0 bridgehead atoms. The van der Waals surface area contributed by atoms with Gasteiger partial charge >= 0.3 is 0 Å². The highest BCUT2D eigenvalue weighted by atomic mass is 15.2. The molecule has 1 aromatic heterocycles. The van der Waals surface area contributed by atoms with Crippen molar-refractivity contribution in [2.24, 2.45) is 4.99 Å². The lowest BCUT2D eigenvalue weighted by Crippen LogP contribution is -2.44. The van der Waals surface area contributed by atoms with Crippen LogP contribution in [0.1, 0.15) is 51.9 Å². The van der Waals surface area contributed by atoms with Gasteiger partial charge in [0.25, 0.3) is 0 Å². The molecular formula is C21H28N4. The number of benzene rings is 1. The van der Waals surface area contributed by atoms with Gasteiger partial charge in [-0.25, -0.2) is 4.98 Å². The quantitative estimate of drug-likeness (QED) is 0.796. The molecule has 0 radical (unpaired) electrons. The standard InChI is InChI=1S/C21H28N4/c1-5-14-22-20(15(3)6-2)18-12-9-13-19(25(18)4)21-23-16-10-7-8-11-17(16)24-21/h5-8,10-11,14,18-19H,9,12-13H2,1-4H3,(H,23,24)/b14-5-,15-6+,22-20+/t18-,19+/m0/s1. The first-order valence-electron chi connectivity index (χ1n) is 9.14. The van der Waals surface area contributed by atoms with E-state index in [0.29, 0.717) is 12.1 Å². The first-order valence-corrected chi connectivity index (χ1v) is 9.14. The van der Waals surface area contributed by atoms with Gasteiger partial charge in [0.1, 0.15) is 5.82 Å². The zero-order chi connectivity index (χ0) is 17.8. The van der Waals surface area contributed by atoms with Crippen LogP contribution in [0.15, 0.2) is 53.2 Å². The average Bonchev–Trinajstić information content (AvgIpc) is 3.06. The Labute approximate surface area is 150 Å². The lowest BCUT2D eigenvalue weighted by atomic mass is 9.90. The van der Waals surface area contributed by atoms with Gasteiger partial charge < -0.3 is 4.98 Å². The summed E-state index contributed by atoms with van der Waals surface area (Å²) in [5.74, 6) is 1.07. The van der Waals surface area contributed by atoms with E-state index in [1.54, 1.807) is 0 Å². The van der Waals surface area contributed by atoms with Crippen LogP contribution in [0.5, 0.6) is 0 Å². The summed E-state index contributed by atoms with van der Waals surface area (Å²) in [7, 11) is 2.20. The number of H-pyrrole nitrogens is 1. The number of aliphatic imine (C=N–C) groups is 1. The fourth-order valence-electron chi connectivity index (χ4n) is 3.67. The summed E-state index contributed by atoms with van der Waals surface area (Å²) in [5, 5.41) is 0. The van der Waals surface area contributed by atoms with Gasteiger partial charge in [-0.1, -0.05) is 24.3 Å². The van der Waals surface area contributed by atoms with Crippen LogP contribution in [0.4, 0.5) is 0 Å². The largest absolute Gasteiger partial charge is 0.341 e. The third-order valence-electron chi connectivity index (χ3n) is 5.18. The number of aromatic amines is 1. The van der Waals surface area contributed by atoms with Crippen molar-refractivity contribution >= 4 is 16.7 Å². The fourth-order valence-corrected chi connectivity index (χ4v) is 3.67. The molecule has 0 spiro atoms. The van der Waals surface area contributed by atoms with E-state index in [0.717, 1.165) is 29.7 Å². The number of aromatic nitrogens is 2. The third kappa shape index (κ3) is 3.59. The van der Waals surface area contributed by atoms with Crippen molar-refractivity contribution in [1.29, 1.82) is 0 Å². The first kappa shape index (κ1) is 17.6. The SMILES string of the molecule is C\C=C/N=C(\C(C)=C\C)[C@@H]1CCC[C@H](c2nc3ccccc3[nH]2)N1C. The summed E-state index contributed by atoms with van der Waals surface area (Å²) in [4.78, 5) is 15.6. The summed E-state index contributed by atoms with van der Waals surface area (Å²) in [6.07, 6.45) is 9.49. The van der Waals surface area contributed by atoms with E-state index >= 15 is 0 Å².